The van der Waals surface area contributed by atoms with Crippen molar-refractivity contribution < 1.29 is 9.53 Å². The fraction of sp³-hybridized carbons (Fsp3) is 0.200. The Bertz CT molecular complexity index is 302. The minimum absolute atomic E-state index is 0.152. The summed E-state index contributed by atoms with van der Waals surface area (Å²) >= 11 is 0. The third-order valence-electron chi connectivity index (χ3n) is 1.64. The Hall–Kier alpha value is -1.82. The highest BCUT2D eigenvalue weighted by atomic mass is 16.5. The van der Waals surface area contributed by atoms with Crippen molar-refractivity contribution in [3.8, 4) is 6.07 Å². The maximum absolute atomic E-state index is 10.0. The van der Waals surface area contributed by atoms with Crippen LogP contribution in [0.1, 0.15) is 18.1 Å². The lowest BCUT2D eigenvalue weighted by Crippen LogP contribution is -2.01. The van der Waals surface area contributed by atoms with Crippen LogP contribution in [-0.2, 0) is 9.53 Å². The summed E-state index contributed by atoms with van der Waals surface area (Å²) in [7, 11) is 0. The number of hydrogen-bond acceptors (Lipinski definition) is 3. The van der Waals surface area contributed by atoms with Gasteiger partial charge < -0.3 is 4.74 Å². The minimum Gasteiger partial charge on any atom is -0.448 e. The smallest absolute Gasteiger partial charge is 0.418 e. The molecule has 0 amide bonds. The molecular weight excluding hydrogens is 166 g/mol. The summed E-state index contributed by atoms with van der Waals surface area (Å²) < 4.78 is 4.64. The number of nitriles is 1. The topological polar surface area (TPSA) is 50.1 Å². The molecule has 0 aromatic heterocycles. The molecule has 0 aliphatic rings. The van der Waals surface area contributed by atoms with E-state index in [0.717, 1.165) is 5.56 Å². The third-order valence-corrected chi connectivity index (χ3v) is 1.64. The van der Waals surface area contributed by atoms with Gasteiger partial charge in [-0.15, -0.1) is 0 Å². The van der Waals surface area contributed by atoms with Gasteiger partial charge in [0.2, 0.25) is 0 Å². The summed E-state index contributed by atoms with van der Waals surface area (Å²) in [6.07, 6.45) is -0.345. The standard InChI is InChI=1S/C10H8NO2/c11-7-6-10(13-8-12)9-4-2-1-3-5-9/h1-5,10H,6H2. The highest BCUT2D eigenvalue weighted by Crippen LogP contribution is 2.18. The number of rotatable bonds is 4. The van der Waals surface area contributed by atoms with E-state index in [0.29, 0.717) is 0 Å². The molecule has 0 aliphatic heterocycles. The van der Waals surface area contributed by atoms with Crippen molar-refractivity contribution in [1.29, 1.82) is 5.26 Å². The number of ether oxygens (including phenoxy) is 1. The lowest BCUT2D eigenvalue weighted by Gasteiger charge is -2.10. The van der Waals surface area contributed by atoms with E-state index < -0.39 is 6.10 Å². The first-order chi connectivity index (χ1) is 6.38. The summed E-state index contributed by atoms with van der Waals surface area (Å²) in [4.78, 5) is 10.0. The summed E-state index contributed by atoms with van der Waals surface area (Å²) in [5.74, 6) is 0. The van der Waals surface area contributed by atoms with Crippen molar-refractivity contribution in [2.45, 2.75) is 12.5 Å². The summed E-state index contributed by atoms with van der Waals surface area (Å²) in [5.41, 5.74) is 0.812. The fourth-order valence-corrected chi connectivity index (χ4v) is 1.04. The van der Waals surface area contributed by atoms with Crippen LogP contribution in [0.2, 0.25) is 0 Å². The van der Waals surface area contributed by atoms with Gasteiger partial charge in [-0.05, 0) is 5.56 Å². The lowest BCUT2D eigenvalue weighted by molar-refractivity contribution is 0.184. The van der Waals surface area contributed by atoms with E-state index in [1.807, 2.05) is 24.3 Å². The van der Waals surface area contributed by atoms with Crippen LogP contribution < -0.4 is 0 Å². The van der Waals surface area contributed by atoms with Crippen LogP contribution in [0.15, 0.2) is 30.3 Å². The Morgan fingerprint density at radius 3 is 2.62 bits per heavy atom. The molecule has 0 bridgehead atoms. The van der Waals surface area contributed by atoms with Gasteiger partial charge in [-0.3, -0.25) is 0 Å². The molecule has 0 fully saturated rings. The molecule has 1 rings (SSSR count). The fourth-order valence-electron chi connectivity index (χ4n) is 1.04. The zero-order chi connectivity index (χ0) is 9.52. The Labute approximate surface area is 76.6 Å². The van der Waals surface area contributed by atoms with Crippen LogP contribution >= 0.6 is 0 Å². The average molecular weight is 174 g/mol. The Morgan fingerprint density at radius 2 is 2.08 bits per heavy atom. The summed E-state index contributed by atoms with van der Waals surface area (Å²) in [6.45, 7) is 1.35. The molecule has 0 spiro atoms. The predicted molar refractivity (Wildman–Crippen MR) is 46.2 cm³/mol. The average Bonchev–Trinajstić information content (AvgIpc) is 2.19. The van der Waals surface area contributed by atoms with Gasteiger partial charge >= 0.3 is 6.47 Å². The molecule has 65 valence electrons. The molecule has 0 heterocycles. The Balaban J connectivity index is 2.76. The third kappa shape index (κ3) is 2.60. The number of nitrogens with zero attached hydrogens (tertiary/aromatic N) is 1. The molecule has 1 radical (unpaired) electrons. The molecule has 0 aliphatic carbocycles. The molecular formula is C10H8NO2. The molecule has 0 saturated heterocycles. The van der Waals surface area contributed by atoms with Gasteiger partial charge in [0.05, 0.1) is 12.5 Å². The first kappa shape index (κ1) is 9.27. The summed E-state index contributed by atoms with van der Waals surface area (Å²) in [6, 6.07) is 11.1. The van der Waals surface area contributed by atoms with Gasteiger partial charge in [0.1, 0.15) is 6.10 Å². The monoisotopic (exact) mass is 174 g/mol. The van der Waals surface area contributed by atoms with Crippen LogP contribution in [-0.4, -0.2) is 6.47 Å². The van der Waals surface area contributed by atoms with Gasteiger partial charge in [0.25, 0.3) is 0 Å². The van der Waals surface area contributed by atoms with Crippen molar-refractivity contribution in [3.05, 3.63) is 35.9 Å². The predicted octanol–water partition coefficient (Wildman–Crippen LogP) is 1.73. The second kappa shape index (κ2) is 4.94. The van der Waals surface area contributed by atoms with Gasteiger partial charge in [-0.2, -0.15) is 5.26 Å². The molecule has 0 N–H and O–H groups in total. The number of benzene rings is 1. The van der Waals surface area contributed by atoms with Crippen LogP contribution in [0.3, 0.4) is 0 Å². The van der Waals surface area contributed by atoms with Crippen molar-refractivity contribution in [1.82, 2.24) is 0 Å². The lowest BCUT2D eigenvalue weighted by atomic mass is 10.1. The molecule has 3 heteroatoms. The largest absolute Gasteiger partial charge is 0.448 e. The van der Waals surface area contributed by atoms with Crippen molar-refractivity contribution >= 4 is 6.47 Å². The van der Waals surface area contributed by atoms with Crippen LogP contribution in [0.5, 0.6) is 0 Å². The highest BCUT2D eigenvalue weighted by Gasteiger charge is 2.10. The van der Waals surface area contributed by atoms with E-state index in [4.69, 9.17) is 5.26 Å². The van der Waals surface area contributed by atoms with E-state index in [9.17, 15) is 4.79 Å². The van der Waals surface area contributed by atoms with E-state index in [1.165, 1.54) is 6.47 Å². The van der Waals surface area contributed by atoms with Gasteiger partial charge in [-0.1, -0.05) is 30.3 Å². The quantitative estimate of drug-likeness (QED) is 0.698. The van der Waals surface area contributed by atoms with Crippen LogP contribution in [0.25, 0.3) is 0 Å². The number of hydrogen-bond donors (Lipinski definition) is 0. The number of carbonyl (C=O) groups excluding carboxylic acids is 1. The van der Waals surface area contributed by atoms with Gasteiger partial charge in [0.15, 0.2) is 0 Å². The van der Waals surface area contributed by atoms with E-state index >= 15 is 0 Å². The maximum atomic E-state index is 10.0. The van der Waals surface area contributed by atoms with E-state index in [-0.39, 0.29) is 6.42 Å². The van der Waals surface area contributed by atoms with Crippen molar-refractivity contribution in [2.75, 3.05) is 0 Å². The molecule has 1 unspecified atom stereocenters. The van der Waals surface area contributed by atoms with Crippen LogP contribution in [0, 0.1) is 11.3 Å². The molecule has 3 nitrogen and oxygen atoms in total. The second-order valence-electron chi connectivity index (χ2n) is 2.46. The molecule has 13 heavy (non-hydrogen) atoms. The molecule has 1 aromatic carbocycles. The zero-order valence-electron chi connectivity index (χ0n) is 6.93. The summed E-state index contributed by atoms with van der Waals surface area (Å²) in [5, 5.41) is 8.46. The SMILES string of the molecule is N#CCC(O[C]=O)c1ccccc1. The second-order valence-corrected chi connectivity index (χ2v) is 2.46. The first-order valence-corrected chi connectivity index (χ1v) is 3.83. The minimum atomic E-state index is -0.497. The van der Waals surface area contributed by atoms with Gasteiger partial charge in [-0.25, -0.2) is 4.79 Å². The van der Waals surface area contributed by atoms with E-state index in [2.05, 4.69) is 4.74 Å². The Kier molecular flexibility index (Phi) is 3.52. The Morgan fingerprint density at radius 1 is 1.38 bits per heavy atom. The van der Waals surface area contributed by atoms with Gasteiger partial charge in [0, 0.05) is 0 Å². The first-order valence-electron chi connectivity index (χ1n) is 3.83. The van der Waals surface area contributed by atoms with Crippen molar-refractivity contribution in [2.24, 2.45) is 0 Å². The molecule has 0 saturated carbocycles. The maximum Gasteiger partial charge on any atom is 0.418 e. The molecule has 1 aromatic rings. The van der Waals surface area contributed by atoms with Crippen LogP contribution in [0.4, 0.5) is 0 Å². The highest BCUT2D eigenvalue weighted by molar-refractivity contribution is 5.40. The van der Waals surface area contributed by atoms with Crippen molar-refractivity contribution in [3.63, 3.8) is 0 Å². The van der Waals surface area contributed by atoms with E-state index in [1.54, 1.807) is 12.1 Å². The normalized spacial score (nSPS) is 11.3. The zero-order valence-corrected chi connectivity index (χ0v) is 6.93. The molecule has 1 atom stereocenters.